The van der Waals surface area contributed by atoms with Crippen LogP contribution in [0.1, 0.15) is 24.5 Å². The van der Waals surface area contributed by atoms with Crippen molar-refractivity contribution in [2.75, 3.05) is 50.8 Å². The van der Waals surface area contributed by atoms with Crippen LogP contribution in [0, 0.1) is 0 Å². The number of β-amino-alcohol motifs (C(OH)–C–C–N with tert-alkyl or cyclic N) is 1. The van der Waals surface area contributed by atoms with Crippen LogP contribution < -0.4 is 10.2 Å². The fraction of sp³-hybridized carbons (Fsp3) is 0.632. The molecule has 2 N–H and O–H groups in total. The summed E-state index contributed by atoms with van der Waals surface area (Å²) in [6.07, 6.45) is -4.25. The molecular weight excluding hydrogens is 500 g/mol. The second-order valence-corrected chi connectivity index (χ2v) is 7.00. The van der Waals surface area contributed by atoms with Crippen molar-refractivity contribution in [2.24, 2.45) is 4.99 Å². The lowest BCUT2D eigenvalue weighted by Crippen LogP contribution is -2.40. The zero-order valence-corrected chi connectivity index (χ0v) is 18.7. The molecule has 0 aliphatic carbocycles. The molecule has 0 amide bonds. The van der Waals surface area contributed by atoms with Gasteiger partial charge in [-0.15, -0.1) is 24.0 Å². The summed E-state index contributed by atoms with van der Waals surface area (Å²) in [7, 11) is 0. The van der Waals surface area contributed by atoms with E-state index in [1.54, 1.807) is 6.07 Å². The minimum absolute atomic E-state index is 0. The number of aliphatic imine (C=N–C) groups is 1. The first-order valence-electron chi connectivity index (χ1n) is 9.62. The van der Waals surface area contributed by atoms with Gasteiger partial charge in [0.25, 0.3) is 0 Å². The van der Waals surface area contributed by atoms with E-state index in [1.807, 2.05) is 16.7 Å². The van der Waals surface area contributed by atoms with Crippen LogP contribution in [-0.2, 0) is 17.5 Å². The molecule has 164 valence electrons. The average Bonchev–Trinajstić information content (AvgIpc) is 3.11. The summed E-state index contributed by atoms with van der Waals surface area (Å²) in [5, 5.41) is 12.8. The Hall–Kier alpha value is -1.27. The third kappa shape index (κ3) is 6.35. The Morgan fingerprint density at radius 3 is 2.59 bits per heavy atom. The van der Waals surface area contributed by atoms with Gasteiger partial charge in [0.05, 0.1) is 31.4 Å². The van der Waals surface area contributed by atoms with Gasteiger partial charge in [-0.2, -0.15) is 13.2 Å². The summed E-state index contributed by atoms with van der Waals surface area (Å²) < 4.78 is 46.3. The summed E-state index contributed by atoms with van der Waals surface area (Å²) in [5.74, 6) is 0.532. The van der Waals surface area contributed by atoms with Crippen molar-refractivity contribution in [3.05, 3.63) is 29.3 Å². The van der Waals surface area contributed by atoms with Crippen molar-refractivity contribution in [2.45, 2.75) is 32.2 Å². The van der Waals surface area contributed by atoms with Crippen molar-refractivity contribution >= 4 is 35.6 Å². The number of hydrogen-bond donors (Lipinski definition) is 2. The molecule has 2 saturated heterocycles. The van der Waals surface area contributed by atoms with Crippen LogP contribution in [0.25, 0.3) is 0 Å². The molecule has 29 heavy (non-hydrogen) atoms. The van der Waals surface area contributed by atoms with Crippen molar-refractivity contribution in [1.29, 1.82) is 0 Å². The molecule has 0 bridgehead atoms. The van der Waals surface area contributed by atoms with Crippen molar-refractivity contribution in [3.8, 4) is 0 Å². The maximum Gasteiger partial charge on any atom is 0.416 e. The average molecular weight is 528 g/mol. The number of nitrogens with zero attached hydrogens (tertiary/aromatic N) is 3. The SMILES string of the molecule is CCNC(=NCc1ccc(N2CCOCC2)cc1C(F)(F)F)N1CC[C@@H](O)C1.I. The molecule has 10 heteroatoms. The van der Waals surface area contributed by atoms with Crippen LogP contribution in [-0.4, -0.2) is 68.0 Å². The molecule has 2 heterocycles. The number of aliphatic hydroxyl groups is 1. The Morgan fingerprint density at radius 1 is 1.28 bits per heavy atom. The molecule has 2 aliphatic heterocycles. The lowest BCUT2D eigenvalue weighted by Gasteiger charge is -2.29. The van der Waals surface area contributed by atoms with Crippen molar-refractivity contribution in [3.63, 3.8) is 0 Å². The molecule has 1 aromatic rings. The van der Waals surface area contributed by atoms with Gasteiger partial charge in [0.15, 0.2) is 5.96 Å². The van der Waals surface area contributed by atoms with Crippen LogP contribution in [0.2, 0.25) is 0 Å². The maximum absolute atomic E-state index is 13.7. The number of likely N-dealkylation sites (tertiary alicyclic amines) is 1. The van der Waals surface area contributed by atoms with E-state index in [0.29, 0.717) is 64.0 Å². The van der Waals surface area contributed by atoms with Gasteiger partial charge in [-0.25, -0.2) is 4.99 Å². The largest absolute Gasteiger partial charge is 0.416 e. The Bertz CT molecular complexity index is 697. The van der Waals surface area contributed by atoms with Crippen LogP contribution in [0.15, 0.2) is 23.2 Å². The normalized spacial score (nSPS) is 20.6. The molecule has 2 fully saturated rings. The predicted octanol–water partition coefficient (Wildman–Crippen LogP) is 2.69. The highest BCUT2D eigenvalue weighted by Gasteiger charge is 2.34. The van der Waals surface area contributed by atoms with Crippen LogP contribution in [0.5, 0.6) is 0 Å². The number of benzene rings is 1. The van der Waals surface area contributed by atoms with Gasteiger partial charge in [0.2, 0.25) is 0 Å². The van der Waals surface area contributed by atoms with Gasteiger partial charge in [0.1, 0.15) is 0 Å². The van der Waals surface area contributed by atoms with E-state index in [2.05, 4.69) is 10.3 Å². The molecule has 0 radical (unpaired) electrons. The zero-order valence-electron chi connectivity index (χ0n) is 16.4. The van der Waals surface area contributed by atoms with Gasteiger partial charge in [-0.1, -0.05) is 6.07 Å². The standard InChI is InChI=1S/C19H27F3N4O2.HI/c1-2-23-18(26-6-5-16(27)13-26)24-12-14-3-4-15(11-17(14)19(20,21)22)25-7-9-28-10-8-25;/h3-4,11,16,27H,2,5-10,12-13H2,1H3,(H,23,24);1H/t16-;/m1./s1. The number of guanidine groups is 1. The monoisotopic (exact) mass is 528 g/mol. The van der Waals surface area contributed by atoms with E-state index in [-0.39, 0.29) is 36.1 Å². The first kappa shape index (κ1) is 24.0. The molecule has 1 aromatic carbocycles. The Balaban J connectivity index is 0.00000300. The minimum atomic E-state index is -4.45. The molecule has 2 aliphatic rings. The number of halogens is 4. The van der Waals surface area contributed by atoms with Gasteiger partial charge in [-0.05, 0) is 31.0 Å². The molecule has 0 saturated carbocycles. The number of rotatable bonds is 4. The molecular formula is C19H28F3IN4O2. The summed E-state index contributed by atoms with van der Waals surface area (Å²) in [6, 6.07) is 4.44. The van der Waals surface area contributed by atoms with Gasteiger partial charge >= 0.3 is 6.18 Å². The zero-order chi connectivity index (χ0) is 20.1. The summed E-state index contributed by atoms with van der Waals surface area (Å²) >= 11 is 0. The van der Waals surface area contributed by atoms with E-state index in [9.17, 15) is 18.3 Å². The van der Waals surface area contributed by atoms with Crippen LogP contribution >= 0.6 is 24.0 Å². The third-order valence-electron chi connectivity index (χ3n) is 4.97. The number of nitrogens with one attached hydrogen (secondary N) is 1. The van der Waals surface area contributed by atoms with E-state index in [0.717, 1.165) is 0 Å². The van der Waals surface area contributed by atoms with Gasteiger partial charge < -0.3 is 25.0 Å². The highest BCUT2D eigenvalue weighted by molar-refractivity contribution is 14.0. The van der Waals surface area contributed by atoms with Crippen LogP contribution in [0.4, 0.5) is 18.9 Å². The highest BCUT2D eigenvalue weighted by atomic mass is 127. The molecule has 0 aromatic heterocycles. The van der Waals surface area contributed by atoms with Crippen molar-refractivity contribution < 1.29 is 23.0 Å². The van der Waals surface area contributed by atoms with E-state index >= 15 is 0 Å². The first-order chi connectivity index (χ1) is 13.4. The number of anilines is 1. The highest BCUT2D eigenvalue weighted by Crippen LogP contribution is 2.35. The van der Waals surface area contributed by atoms with Crippen LogP contribution in [0.3, 0.4) is 0 Å². The van der Waals surface area contributed by atoms with Crippen molar-refractivity contribution in [1.82, 2.24) is 10.2 Å². The number of morpholine rings is 1. The fourth-order valence-corrected chi connectivity index (χ4v) is 3.50. The molecule has 1 atom stereocenters. The molecule has 0 spiro atoms. The topological polar surface area (TPSA) is 60.3 Å². The second kappa shape index (κ2) is 10.7. The Kier molecular flexibility index (Phi) is 8.83. The summed E-state index contributed by atoms with van der Waals surface area (Å²) in [5.41, 5.74) is 0.0372. The number of hydrogen-bond acceptors (Lipinski definition) is 4. The lowest BCUT2D eigenvalue weighted by molar-refractivity contribution is -0.138. The third-order valence-corrected chi connectivity index (χ3v) is 4.97. The van der Waals surface area contributed by atoms with Gasteiger partial charge in [0, 0.05) is 38.4 Å². The Labute approximate surface area is 186 Å². The van der Waals surface area contributed by atoms with E-state index in [1.165, 1.54) is 12.1 Å². The van der Waals surface area contributed by atoms with E-state index < -0.39 is 17.8 Å². The van der Waals surface area contributed by atoms with E-state index in [4.69, 9.17) is 4.74 Å². The molecule has 0 unspecified atom stereocenters. The second-order valence-electron chi connectivity index (χ2n) is 7.00. The number of aliphatic hydroxyl groups excluding tert-OH is 1. The maximum atomic E-state index is 13.7. The Morgan fingerprint density at radius 2 is 2.00 bits per heavy atom. The molecule has 3 rings (SSSR count). The van der Waals surface area contributed by atoms with Gasteiger partial charge in [-0.3, -0.25) is 0 Å². The summed E-state index contributed by atoms with van der Waals surface area (Å²) in [4.78, 5) is 8.19. The predicted molar refractivity (Wildman–Crippen MR) is 117 cm³/mol. The first-order valence-corrected chi connectivity index (χ1v) is 9.62. The fourth-order valence-electron chi connectivity index (χ4n) is 3.50. The lowest BCUT2D eigenvalue weighted by atomic mass is 10.1. The number of alkyl halides is 3. The smallest absolute Gasteiger partial charge is 0.391 e. The number of ether oxygens (including phenoxy) is 1. The summed E-state index contributed by atoms with van der Waals surface area (Å²) in [6.45, 7) is 5.69. The minimum Gasteiger partial charge on any atom is -0.391 e. The quantitative estimate of drug-likeness (QED) is 0.358. The molecule has 6 nitrogen and oxygen atoms in total.